The summed E-state index contributed by atoms with van der Waals surface area (Å²) in [6.07, 6.45) is 7.24. The predicted octanol–water partition coefficient (Wildman–Crippen LogP) is 5.57. The van der Waals surface area contributed by atoms with Crippen LogP contribution >= 0.6 is 0 Å². The van der Waals surface area contributed by atoms with Crippen molar-refractivity contribution in [2.45, 2.75) is 51.1 Å². The van der Waals surface area contributed by atoms with Gasteiger partial charge in [0.1, 0.15) is 23.6 Å². The lowest BCUT2D eigenvalue weighted by atomic mass is 9.80. The van der Waals surface area contributed by atoms with Gasteiger partial charge in [-0.1, -0.05) is 30.7 Å². The number of amides is 1. The third-order valence-electron chi connectivity index (χ3n) is 7.76. The van der Waals surface area contributed by atoms with Crippen LogP contribution in [0.3, 0.4) is 0 Å². The van der Waals surface area contributed by atoms with Gasteiger partial charge < -0.3 is 14.4 Å². The normalized spacial score (nSPS) is 20.5. The van der Waals surface area contributed by atoms with Crippen molar-refractivity contribution in [2.75, 3.05) is 18.0 Å². The van der Waals surface area contributed by atoms with E-state index in [1.807, 2.05) is 45.9 Å². The minimum atomic E-state index is -0.268. The number of carbonyl (C=O) groups is 1. The molecule has 1 aliphatic carbocycles. The van der Waals surface area contributed by atoms with Crippen molar-refractivity contribution >= 4 is 22.8 Å². The minimum absolute atomic E-state index is 0.0244. The first-order valence-electron chi connectivity index (χ1n) is 12.8. The SMILES string of the molecule is C[C@@H]1CN(c2ncnc3c2c(C2CCC2)cn3-c2cccc(F)c2)[C@@H](C)CN1C(=O)c1ccccc1. The summed E-state index contributed by atoms with van der Waals surface area (Å²) in [6.45, 7) is 5.55. The average molecular weight is 484 g/mol. The smallest absolute Gasteiger partial charge is 0.254 e. The number of fused-ring (bicyclic) bond motifs is 1. The molecular weight excluding hydrogens is 453 g/mol. The third-order valence-corrected chi connectivity index (χ3v) is 7.76. The van der Waals surface area contributed by atoms with E-state index in [1.54, 1.807) is 18.5 Å². The highest BCUT2D eigenvalue weighted by atomic mass is 19.1. The molecule has 2 atom stereocenters. The molecule has 2 aliphatic rings. The van der Waals surface area contributed by atoms with Crippen molar-refractivity contribution < 1.29 is 9.18 Å². The molecule has 1 amide bonds. The molecule has 0 unspecified atom stereocenters. The Labute approximate surface area is 210 Å². The molecule has 2 fully saturated rings. The van der Waals surface area contributed by atoms with Gasteiger partial charge in [0.2, 0.25) is 0 Å². The van der Waals surface area contributed by atoms with E-state index >= 15 is 0 Å². The van der Waals surface area contributed by atoms with Gasteiger partial charge in [0, 0.05) is 42.6 Å². The zero-order valence-electron chi connectivity index (χ0n) is 20.6. The van der Waals surface area contributed by atoms with E-state index in [-0.39, 0.29) is 23.8 Å². The highest BCUT2D eigenvalue weighted by molar-refractivity contribution is 5.95. The van der Waals surface area contributed by atoms with Crippen LogP contribution in [0.1, 0.15) is 54.9 Å². The second-order valence-electron chi connectivity index (χ2n) is 10.1. The van der Waals surface area contributed by atoms with Crippen molar-refractivity contribution in [1.82, 2.24) is 19.4 Å². The quantitative estimate of drug-likeness (QED) is 0.381. The number of nitrogens with zero attached hydrogens (tertiary/aromatic N) is 5. The lowest BCUT2D eigenvalue weighted by Gasteiger charge is -2.45. The topological polar surface area (TPSA) is 54.3 Å². The summed E-state index contributed by atoms with van der Waals surface area (Å²) in [5.41, 5.74) is 3.51. The maximum absolute atomic E-state index is 14.1. The molecule has 3 heterocycles. The molecule has 1 aliphatic heterocycles. The van der Waals surface area contributed by atoms with E-state index in [2.05, 4.69) is 29.9 Å². The fourth-order valence-electron chi connectivity index (χ4n) is 5.59. The Kier molecular flexibility index (Phi) is 5.70. The van der Waals surface area contributed by atoms with E-state index in [9.17, 15) is 9.18 Å². The van der Waals surface area contributed by atoms with Crippen LogP contribution in [-0.4, -0.2) is 50.5 Å². The molecule has 2 aromatic heterocycles. The highest BCUT2D eigenvalue weighted by Crippen LogP contribution is 2.43. The first-order chi connectivity index (χ1) is 17.5. The maximum Gasteiger partial charge on any atom is 0.254 e. The summed E-state index contributed by atoms with van der Waals surface area (Å²) in [6, 6.07) is 16.2. The van der Waals surface area contributed by atoms with Crippen LogP contribution in [0.15, 0.2) is 67.1 Å². The summed E-state index contributed by atoms with van der Waals surface area (Å²) in [5.74, 6) is 1.16. The van der Waals surface area contributed by atoms with Crippen LogP contribution in [0.2, 0.25) is 0 Å². The number of halogens is 1. The van der Waals surface area contributed by atoms with Gasteiger partial charge in [-0.2, -0.15) is 0 Å². The molecule has 36 heavy (non-hydrogen) atoms. The van der Waals surface area contributed by atoms with Gasteiger partial charge in [0.05, 0.1) is 5.39 Å². The van der Waals surface area contributed by atoms with Gasteiger partial charge in [0.25, 0.3) is 5.91 Å². The number of piperazine rings is 1. The van der Waals surface area contributed by atoms with E-state index in [1.165, 1.54) is 18.1 Å². The van der Waals surface area contributed by atoms with Crippen LogP contribution in [0.4, 0.5) is 10.2 Å². The number of aromatic nitrogens is 3. The van der Waals surface area contributed by atoms with Crippen LogP contribution in [-0.2, 0) is 0 Å². The standard InChI is InChI=1S/C29H30FN5O/c1-19-16-34(29(36)22-8-4-3-5-9-22)20(2)15-33(19)27-26-25(21-10-6-11-21)17-35(28(26)32-18-31-27)24-13-7-12-23(30)14-24/h3-5,7-9,12-14,17-21H,6,10-11,15-16H2,1-2H3/t19-,20+/m0/s1. The average Bonchev–Trinajstić information content (AvgIpc) is 3.24. The number of carbonyl (C=O) groups excluding carboxylic acids is 1. The first-order valence-corrected chi connectivity index (χ1v) is 12.8. The van der Waals surface area contributed by atoms with Gasteiger partial charge in [0.15, 0.2) is 0 Å². The monoisotopic (exact) mass is 483 g/mol. The van der Waals surface area contributed by atoms with Gasteiger partial charge in [-0.05, 0) is 68.5 Å². The molecule has 0 radical (unpaired) electrons. The molecule has 0 bridgehead atoms. The van der Waals surface area contributed by atoms with Crippen molar-refractivity contribution in [3.63, 3.8) is 0 Å². The second-order valence-corrected chi connectivity index (χ2v) is 10.1. The fourth-order valence-corrected chi connectivity index (χ4v) is 5.59. The van der Waals surface area contributed by atoms with Crippen LogP contribution in [0.25, 0.3) is 16.7 Å². The Hall–Kier alpha value is -3.74. The van der Waals surface area contributed by atoms with Crippen molar-refractivity contribution in [3.8, 4) is 5.69 Å². The van der Waals surface area contributed by atoms with E-state index < -0.39 is 0 Å². The molecule has 184 valence electrons. The largest absolute Gasteiger partial charge is 0.349 e. The zero-order valence-corrected chi connectivity index (χ0v) is 20.6. The number of rotatable bonds is 4. The summed E-state index contributed by atoms with van der Waals surface area (Å²) in [5, 5.41) is 1.05. The number of anilines is 1. The van der Waals surface area contributed by atoms with Crippen molar-refractivity contribution in [3.05, 3.63) is 84.1 Å². The minimum Gasteiger partial charge on any atom is -0.349 e. The Balaban J connectivity index is 1.40. The van der Waals surface area contributed by atoms with Gasteiger partial charge in [-0.25, -0.2) is 14.4 Å². The summed E-state index contributed by atoms with van der Waals surface area (Å²) < 4.78 is 16.1. The molecule has 0 spiro atoms. The first kappa shape index (κ1) is 22.7. The van der Waals surface area contributed by atoms with Gasteiger partial charge in [-0.15, -0.1) is 0 Å². The number of benzene rings is 2. The molecule has 1 saturated carbocycles. The molecule has 2 aromatic carbocycles. The third kappa shape index (κ3) is 3.83. The van der Waals surface area contributed by atoms with E-state index in [0.717, 1.165) is 35.4 Å². The number of hydrogen-bond acceptors (Lipinski definition) is 4. The van der Waals surface area contributed by atoms with E-state index in [0.29, 0.717) is 24.6 Å². The summed E-state index contributed by atoms with van der Waals surface area (Å²) in [4.78, 5) is 27.0. The highest BCUT2D eigenvalue weighted by Gasteiger charge is 2.35. The Bertz CT molecular complexity index is 1410. The molecule has 7 heteroatoms. The Morgan fingerprint density at radius 2 is 1.78 bits per heavy atom. The predicted molar refractivity (Wildman–Crippen MR) is 139 cm³/mol. The Morgan fingerprint density at radius 1 is 0.972 bits per heavy atom. The molecule has 4 aromatic rings. The maximum atomic E-state index is 14.1. The molecule has 1 saturated heterocycles. The van der Waals surface area contributed by atoms with Crippen LogP contribution in [0, 0.1) is 5.82 Å². The fraction of sp³-hybridized carbons (Fsp3) is 0.345. The zero-order chi connectivity index (χ0) is 24.8. The van der Waals surface area contributed by atoms with Crippen molar-refractivity contribution in [2.24, 2.45) is 0 Å². The van der Waals surface area contributed by atoms with Crippen LogP contribution < -0.4 is 4.90 Å². The number of hydrogen-bond donors (Lipinski definition) is 0. The Morgan fingerprint density at radius 3 is 2.50 bits per heavy atom. The van der Waals surface area contributed by atoms with Gasteiger partial charge in [-0.3, -0.25) is 4.79 Å². The molecular formula is C29H30FN5O. The molecule has 6 nitrogen and oxygen atoms in total. The van der Waals surface area contributed by atoms with E-state index in [4.69, 9.17) is 4.98 Å². The second kappa shape index (κ2) is 9.04. The van der Waals surface area contributed by atoms with Gasteiger partial charge >= 0.3 is 0 Å². The van der Waals surface area contributed by atoms with Crippen LogP contribution in [0.5, 0.6) is 0 Å². The molecule has 0 N–H and O–H groups in total. The van der Waals surface area contributed by atoms with Crippen molar-refractivity contribution in [1.29, 1.82) is 0 Å². The summed E-state index contributed by atoms with van der Waals surface area (Å²) >= 11 is 0. The lowest BCUT2D eigenvalue weighted by Crippen LogP contribution is -2.58. The lowest BCUT2D eigenvalue weighted by molar-refractivity contribution is 0.0644. The molecule has 6 rings (SSSR count). The summed E-state index contributed by atoms with van der Waals surface area (Å²) in [7, 11) is 0.